The number of aromatic nitrogens is 1. The van der Waals surface area contributed by atoms with E-state index in [1.165, 1.54) is 12.1 Å². The summed E-state index contributed by atoms with van der Waals surface area (Å²) < 4.78 is 25.2. The third-order valence-corrected chi connectivity index (χ3v) is 2.68. The molecule has 1 N–H and O–H groups in total. The highest BCUT2D eigenvalue weighted by molar-refractivity contribution is 6.29. The van der Waals surface area contributed by atoms with Crippen LogP contribution >= 0.6 is 11.6 Å². The first-order valence-electron chi connectivity index (χ1n) is 4.83. The molecule has 0 spiro atoms. The predicted molar refractivity (Wildman–Crippen MR) is 57.5 cm³/mol. The van der Waals surface area contributed by atoms with Gasteiger partial charge in [-0.05, 0) is 6.07 Å². The summed E-state index contributed by atoms with van der Waals surface area (Å²) in [5.74, 6) is -2.76. The zero-order chi connectivity index (χ0) is 12.6. The molecule has 1 aromatic heterocycles. The van der Waals surface area contributed by atoms with Gasteiger partial charge in [0.15, 0.2) is 0 Å². The zero-order valence-corrected chi connectivity index (χ0v) is 9.25. The SMILES string of the molecule is O=[N+]([O-])c1ccc(Cl)nc1NC1CC(F)(F)C1. The second-order valence-corrected chi connectivity index (χ2v) is 4.25. The number of rotatable bonds is 3. The second-order valence-electron chi connectivity index (χ2n) is 3.86. The van der Waals surface area contributed by atoms with Crippen molar-refractivity contribution in [3.8, 4) is 0 Å². The van der Waals surface area contributed by atoms with E-state index in [1.807, 2.05) is 0 Å². The van der Waals surface area contributed by atoms with E-state index in [2.05, 4.69) is 10.3 Å². The summed E-state index contributed by atoms with van der Waals surface area (Å²) in [6.45, 7) is 0. The van der Waals surface area contributed by atoms with Crippen molar-refractivity contribution >= 4 is 23.1 Å². The Labute approximate surface area is 99.9 Å². The van der Waals surface area contributed by atoms with Gasteiger partial charge in [-0.15, -0.1) is 0 Å². The van der Waals surface area contributed by atoms with Crippen molar-refractivity contribution in [2.75, 3.05) is 5.32 Å². The molecule has 1 aliphatic rings. The minimum Gasteiger partial charge on any atom is -0.361 e. The Hall–Kier alpha value is -1.50. The molecule has 0 bridgehead atoms. The van der Waals surface area contributed by atoms with E-state index in [0.29, 0.717) is 0 Å². The predicted octanol–water partition coefficient (Wildman–Crippen LogP) is 2.85. The third-order valence-electron chi connectivity index (χ3n) is 2.47. The van der Waals surface area contributed by atoms with Crippen molar-refractivity contribution in [2.24, 2.45) is 0 Å². The molecule has 0 radical (unpaired) electrons. The van der Waals surface area contributed by atoms with Gasteiger partial charge in [-0.3, -0.25) is 10.1 Å². The minimum atomic E-state index is -2.69. The number of nitrogens with zero attached hydrogens (tertiary/aromatic N) is 2. The standard InChI is InChI=1S/C9H8ClF2N3O2/c10-7-2-1-6(15(16)17)8(14-7)13-5-3-9(11,12)4-5/h1-2,5H,3-4H2,(H,13,14). The summed E-state index contributed by atoms with van der Waals surface area (Å²) >= 11 is 5.60. The van der Waals surface area contributed by atoms with Crippen LogP contribution in [0.3, 0.4) is 0 Å². The van der Waals surface area contributed by atoms with Crippen LogP contribution in [-0.2, 0) is 0 Å². The number of anilines is 1. The first-order chi connectivity index (χ1) is 7.87. The first kappa shape index (κ1) is 12.0. The monoisotopic (exact) mass is 263 g/mol. The molecule has 0 aromatic carbocycles. The molecule has 17 heavy (non-hydrogen) atoms. The minimum absolute atomic E-state index is 0.0667. The van der Waals surface area contributed by atoms with E-state index in [-0.39, 0.29) is 29.5 Å². The summed E-state index contributed by atoms with van der Waals surface area (Å²) in [4.78, 5) is 13.8. The average Bonchev–Trinajstić information content (AvgIpc) is 2.14. The third kappa shape index (κ3) is 2.60. The molecule has 5 nitrogen and oxygen atoms in total. The molecular formula is C9H8ClF2N3O2. The van der Waals surface area contributed by atoms with Gasteiger partial charge >= 0.3 is 5.69 Å². The van der Waals surface area contributed by atoms with Crippen LogP contribution in [0.1, 0.15) is 12.8 Å². The van der Waals surface area contributed by atoms with E-state index in [1.54, 1.807) is 0 Å². The molecule has 1 aromatic rings. The highest BCUT2D eigenvalue weighted by Crippen LogP contribution is 2.39. The lowest BCUT2D eigenvalue weighted by molar-refractivity contribution is -0.384. The highest BCUT2D eigenvalue weighted by Gasteiger charge is 2.46. The van der Waals surface area contributed by atoms with Gasteiger partial charge in [0, 0.05) is 24.9 Å². The molecule has 1 fully saturated rings. The number of hydrogen-bond acceptors (Lipinski definition) is 4. The van der Waals surface area contributed by atoms with E-state index in [4.69, 9.17) is 11.6 Å². The van der Waals surface area contributed by atoms with Crippen LogP contribution in [0.4, 0.5) is 20.3 Å². The number of pyridine rings is 1. The van der Waals surface area contributed by atoms with Gasteiger partial charge in [-0.1, -0.05) is 11.6 Å². The zero-order valence-electron chi connectivity index (χ0n) is 8.49. The Morgan fingerprint density at radius 2 is 2.18 bits per heavy atom. The van der Waals surface area contributed by atoms with Crippen LogP contribution in [0.5, 0.6) is 0 Å². The molecule has 0 saturated heterocycles. The fourth-order valence-electron chi connectivity index (χ4n) is 1.64. The van der Waals surface area contributed by atoms with E-state index in [0.717, 1.165) is 0 Å². The van der Waals surface area contributed by atoms with Crippen molar-refractivity contribution in [1.29, 1.82) is 0 Å². The molecule has 0 aliphatic heterocycles. The number of alkyl halides is 2. The Bertz CT molecular complexity index is 462. The first-order valence-corrected chi connectivity index (χ1v) is 5.20. The molecule has 1 saturated carbocycles. The number of nitro groups is 1. The molecule has 2 rings (SSSR count). The van der Waals surface area contributed by atoms with Gasteiger partial charge < -0.3 is 5.32 Å². The summed E-state index contributed by atoms with van der Waals surface area (Å²) in [6.07, 6.45) is -0.698. The van der Waals surface area contributed by atoms with Crippen LogP contribution in [0.2, 0.25) is 5.15 Å². The molecule has 1 aliphatic carbocycles. The molecule has 8 heteroatoms. The highest BCUT2D eigenvalue weighted by atomic mass is 35.5. The van der Waals surface area contributed by atoms with Crippen LogP contribution < -0.4 is 5.32 Å². The number of nitrogens with one attached hydrogen (secondary N) is 1. The van der Waals surface area contributed by atoms with E-state index < -0.39 is 16.9 Å². The second kappa shape index (κ2) is 4.06. The van der Waals surface area contributed by atoms with Crippen LogP contribution in [0.15, 0.2) is 12.1 Å². The largest absolute Gasteiger partial charge is 0.361 e. The maximum Gasteiger partial charge on any atom is 0.311 e. The Morgan fingerprint density at radius 1 is 1.53 bits per heavy atom. The van der Waals surface area contributed by atoms with Crippen LogP contribution in [-0.4, -0.2) is 21.9 Å². The summed E-state index contributed by atoms with van der Waals surface area (Å²) in [5.41, 5.74) is -0.274. The van der Waals surface area contributed by atoms with Gasteiger partial charge in [0.05, 0.1) is 4.92 Å². The van der Waals surface area contributed by atoms with Gasteiger partial charge in [-0.25, -0.2) is 13.8 Å². The molecule has 0 amide bonds. The molecule has 92 valence electrons. The van der Waals surface area contributed by atoms with E-state index >= 15 is 0 Å². The maximum atomic E-state index is 12.6. The van der Waals surface area contributed by atoms with Crippen molar-refractivity contribution in [2.45, 2.75) is 24.8 Å². The Balaban J connectivity index is 2.15. The normalized spacial score (nSPS) is 18.5. The van der Waals surface area contributed by atoms with Gasteiger partial charge in [-0.2, -0.15) is 0 Å². The van der Waals surface area contributed by atoms with Crippen LogP contribution in [0.25, 0.3) is 0 Å². The topological polar surface area (TPSA) is 68.1 Å². The van der Waals surface area contributed by atoms with Crippen molar-refractivity contribution in [3.05, 3.63) is 27.4 Å². The molecular weight excluding hydrogens is 256 g/mol. The molecule has 0 atom stereocenters. The van der Waals surface area contributed by atoms with Crippen molar-refractivity contribution in [3.63, 3.8) is 0 Å². The Kier molecular flexibility index (Phi) is 2.86. The molecule has 0 unspecified atom stereocenters. The summed E-state index contributed by atoms with van der Waals surface area (Å²) in [6, 6.07) is 1.96. The quantitative estimate of drug-likeness (QED) is 0.517. The van der Waals surface area contributed by atoms with Crippen molar-refractivity contribution in [1.82, 2.24) is 4.98 Å². The number of halogens is 3. The smallest absolute Gasteiger partial charge is 0.311 e. The Morgan fingerprint density at radius 3 is 2.71 bits per heavy atom. The molecule has 1 heterocycles. The van der Waals surface area contributed by atoms with E-state index in [9.17, 15) is 18.9 Å². The fourth-order valence-corrected chi connectivity index (χ4v) is 1.79. The lowest BCUT2D eigenvalue weighted by Crippen LogP contribution is -2.44. The maximum absolute atomic E-state index is 12.6. The lowest BCUT2D eigenvalue weighted by atomic mass is 9.88. The van der Waals surface area contributed by atoms with Gasteiger partial charge in [0.2, 0.25) is 5.82 Å². The summed E-state index contributed by atoms with van der Waals surface area (Å²) in [7, 11) is 0. The van der Waals surface area contributed by atoms with Gasteiger partial charge in [0.25, 0.3) is 5.92 Å². The fraction of sp³-hybridized carbons (Fsp3) is 0.444. The summed E-state index contributed by atoms with van der Waals surface area (Å²) in [5, 5.41) is 13.4. The average molecular weight is 264 g/mol. The van der Waals surface area contributed by atoms with Crippen LogP contribution in [0, 0.1) is 10.1 Å². The van der Waals surface area contributed by atoms with Crippen molar-refractivity contribution < 1.29 is 13.7 Å². The lowest BCUT2D eigenvalue weighted by Gasteiger charge is -2.35. The van der Waals surface area contributed by atoms with Gasteiger partial charge in [0.1, 0.15) is 5.15 Å². The number of hydrogen-bond donors (Lipinski definition) is 1.